The fourth-order valence-electron chi connectivity index (χ4n) is 3.26. The average Bonchev–Trinajstić information content (AvgIpc) is 2.62. The third-order valence-electron chi connectivity index (χ3n) is 4.09. The van der Waals surface area contributed by atoms with Crippen molar-refractivity contribution >= 4 is 0 Å². The number of hydrogen-bond acceptors (Lipinski definition) is 2. The number of nitrogens with zero attached hydrogens (tertiary/aromatic N) is 1. The Morgan fingerprint density at radius 1 is 1.13 bits per heavy atom. The number of aromatic nitrogens is 2. The molecule has 1 aliphatic heterocycles. The summed E-state index contributed by atoms with van der Waals surface area (Å²) < 4.78 is 0. The van der Waals surface area contributed by atoms with Crippen LogP contribution in [0.25, 0.3) is 0 Å². The molecule has 0 radical (unpaired) electrons. The summed E-state index contributed by atoms with van der Waals surface area (Å²) >= 11 is 0. The summed E-state index contributed by atoms with van der Waals surface area (Å²) in [5, 5.41) is 11.0. The largest absolute Gasteiger partial charge is 0.312 e. The van der Waals surface area contributed by atoms with Crippen LogP contribution in [0.2, 0.25) is 0 Å². The van der Waals surface area contributed by atoms with Gasteiger partial charge in [-0.05, 0) is 12.8 Å². The van der Waals surface area contributed by atoms with Crippen LogP contribution in [-0.4, -0.2) is 16.7 Å². The average molecular weight is 205 g/mol. The van der Waals surface area contributed by atoms with Gasteiger partial charge in [0.15, 0.2) is 0 Å². The summed E-state index contributed by atoms with van der Waals surface area (Å²) in [6, 6.07) is 0. The van der Waals surface area contributed by atoms with E-state index in [4.69, 9.17) is 0 Å². The van der Waals surface area contributed by atoms with Crippen LogP contribution in [0.5, 0.6) is 0 Å². The topological polar surface area (TPSA) is 40.7 Å². The van der Waals surface area contributed by atoms with Gasteiger partial charge in [-0.15, -0.1) is 0 Å². The van der Waals surface area contributed by atoms with E-state index in [9.17, 15) is 0 Å². The van der Waals surface area contributed by atoms with Gasteiger partial charge in [0.1, 0.15) is 0 Å². The zero-order chi connectivity index (χ0) is 10.1. The molecule has 2 aliphatic rings. The van der Waals surface area contributed by atoms with Gasteiger partial charge >= 0.3 is 0 Å². The second kappa shape index (κ2) is 3.63. The molecule has 0 amide bonds. The van der Waals surface area contributed by atoms with Gasteiger partial charge in [-0.1, -0.05) is 25.7 Å². The molecule has 82 valence electrons. The predicted molar refractivity (Wildman–Crippen MR) is 59.7 cm³/mol. The quantitative estimate of drug-likeness (QED) is 0.681. The van der Waals surface area contributed by atoms with E-state index < -0.39 is 0 Å². The Morgan fingerprint density at radius 2 is 1.93 bits per heavy atom. The molecule has 1 aliphatic carbocycles. The first-order chi connectivity index (χ1) is 7.41. The van der Waals surface area contributed by atoms with Crippen LogP contribution >= 0.6 is 0 Å². The smallest absolute Gasteiger partial charge is 0.0535 e. The Labute approximate surface area is 90.7 Å². The molecular weight excluding hydrogens is 186 g/mol. The van der Waals surface area contributed by atoms with Crippen molar-refractivity contribution in [2.24, 2.45) is 0 Å². The molecular formula is C12H19N3. The van der Waals surface area contributed by atoms with Crippen molar-refractivity contribution in [3.8, 4) is 0 Å². The van der Waals surface area contributed by atoms with E-state index in [1.807, 2.05) is 6.20 Å². The summed E-state index contributed by atoms with van der Waals surface area (Å²) in [6.45, 7) is 2.13. The van der Waals surface area contributed by atoms with Crippen molar-refractivity contribution in [1.29, 1.82) is 0 Å². The Kier molecular flexibility index (Phi) is 2.28. The molecule has 1 aromatic rings. The first-order valence-corrected chi connectivity index (χ1v) is 6.14. The molecule has 0 atom stereocenters. The first-order valence-electron chi connectivity index (χ1n) is 6.14. The van der Waals surface area contributed by atoms with E-state index in [2.05, 4.69) is 15.5 Å². The molecule has 0 aromatic carbocycles. The SMILES string of the molecule is c1n[nH]c2c1CNCC21CCCCCC1. The fraction of sp³-hybridized carbons (Fsp3) is 0.750. The Balaban J connectivity index is 1.98. The van der Waals surface area contributed by atoms with Crippen molar-refractivity contribution in [3.63, 3.8) is 0 Å². The van der Waals surface area contributed by atoms with E-state index in [-0.39, 0.29) is 0 Å². The van der Waals surface area contributed by atoms with Gasteiger partial charge in [-0.3, -0.25) is 5.10 Å². The van der Waals surface area contributed by atoms with Gasteiger partial charge in [0, 0.05) is 29.8 Å². The monoisotopic (exact) mass is 205 g/mol. The molecule has 0 unspecified atom stereocenters. The summed E-state index contributed by atoms with van der Waals surface area (Å²) in [7, 11) is 0. The van der Waals surface area contributed by atoms with E-state index in [1.54, 1.807) is 0 Å². The zero-order valence-electron chi connectivity index (χ0n) is 9.18. The molecule has 1 aromatic heterocycles. The highest BCUT2D eigenvalue weighted by Crippen LogP contribution is 2.40. The van der Waals surface area contributed by atoms with Crippen LogP contribution in [-0.2, 0) is 12.0 Å². The van der Waals surface area contributed by atoms with E-state index in [0.717, 1.165) is 13.1 Å². The highest BCUT2D eigenvalue weighted by atomic mass is 15.1. The molecule has 3 nitrogen and oxygen atoms in total. The van der Waals surface area contributed by atoms with Gasteiger partial charge in [0.25, 0.3) is 0 Å². The predicted octanol–water partition coefficient (Wildman–Crippen LogP) is 2.10. The van der Waals surface area contributed by atoms with Crippen LogP contribution < -0.4 is 5.32 Å². The normalized spacial score (nSPS) is 24.8. The molecule has 3 rings (SSSR count). The lowest BCUT2D eigenvalue weighted by molar-refractivity contribution is 0.317. The molecule has 3 heteroatoms. The molecule has 0 saturated heterocycles. The number of aromatic amines is 1. The fourth-order valence-corrected chi connectivity index (χ4v) is 3.26. The number of fused-ring (bicyclic) bond motifs is 2. The minimum atomic E-state index is 0.376. The van der Waals surface area contributed by atoms with Crippen molar-refractivity contribution in [2.75, 3.05) is 6.54 Å². The van der Waals surface area contributed by atoms with Crippen molar-refractivity contribution in [1.82, 2.24) is 15.5 Å². The lowest BCUT2D eigenvalue weighted by Gasteiger charge is -2.36. The molecule has 2 heterocycles. The second-order valence-electron chi connectivity index (χ2n) is 5.07. The molecule has 1 saturated carbocycles. The van der Waals surface area contributed by atoms with Crippen LogP contribution in [0.4, 0.5) is 0 Å². The lowest BCUT2D eigenvalue weighted by atomic mass is 9.74. The van der Waals surface area contributed by atoms with E-state index >= 15 is 0 Å². The van der Waals surface area contributed by atoms with Crippen LogP contribution in [0, 0.1) is 0 Å². The molecule has 1 fully saturated rings. The molecule has 0 bridgehead atoms. The standard InChI is InChI=1S/C12H19N3/c1-2-4-6-12(5-3-1)9-13-7-10-8-14-15-11(10)12/h8,13H,1-7,9H2,(H,14,15). The maximum Gasteiger partial charge on any atom is 0.0535 e. The third kappa shape index (κ3) is 1.49. The highest BCUT2D eigenvalue weighted by molar-refractivity contribution is 5.29. The van der Waals surface area contributed by atoms with Crippen molar-refractivity contribution in [2.45, 2.75) is 50.5 Å². The number of rotatable bonds is 0. The van der Waals surface area contributed by atoms with Crippen LogP contribution in [0.1, 0.15) is 49.8 Å². The number of hydrogen-bond donors (Lipinski definition) is 2. The van der Waals surface area contributed by atoms with E-state index in [0.29, 0.717) is 5.41 Å². The van der Waals surface area contributed by atoms with E-state index in [1.165, 1.54) is 49.8 Å². The Morgan fingerprint density at radius 3 is 2.73 bits per heavy atom. The van der Waals surface area contributed by atoms with Gasteiger partial charge in [0.05, 0.1) is 6.20 Å². The summed E-state index contributed by atoms with van der Waals surface area (Å²) in [5.74, 6) is 0. The Bertz CT molecular complexity index is 334. The first kappa shape index (κ1) is 9.40. The molecule has 15 heavy (non-hydrogen) atoms. The van der Waals surface area contributed by atoms with Gasteiger partial charge in [0.2, 0.25) is 0 Å². The number of nitrogens with one attached hydrogen (secondary N) is 2. The van der Waals surface area contributed by atoms with Gasteiger partial charge in [-0.2, -0.15) is 5.10 Å². The van der Waals surface area contributed by atoms with Crippen LogP contribution in [0.15, 0.2) is 6.20 Å². The number of H-pyrrole nitrogens is 1. The highest BCUT2D eigenvalue weighted by Gasteiger charge is 2.38. The van der Waals surface area contributed by atoms with Crippen LogP contribution in [0.3, 0.4) is 0 Å². The maximum atomic E-state index is 4.22. The van der Waals surface area contributed by atoms with Gasteiger partial charge < -0.3 is 5.32 Å². The van der Waals surface area contributed by atoms with Crippen molar-refractivity contribution in [3.05, 3.63) is 17.5 Å². The molecule has 2 N–H and O–H groups in total. The minimum absolute atomic E-state index is 0.376. The summed E-state index contributed by atoms with van der Waals surface area (Å²) in [6.07, 6.45) is 10.2. The second-order valence-corrected chi connectivity index (χ2v) is 5.07. The van der Waals surface area contributed by atoms with Gasteiger partial charge in [-0.25, -0.2) is 0 Å². The zero-order valence-corrected chi connectivity index (χ0v) is 9.18. The summed E-state index contributed by atoms with van der Waals surface area (Å²) in [5.41, 5.74) is 3.20. The van der Waals surface area contributed by atoms with Crippen molar-refractivity contribution < 1.29 is 0 Å². The third-order valence-corrected chi connectivity index (χ3v) is 4.09. The molecule has 1 spiro atoms. The Hall–Kier alpha value is -0.830. The summed E-state index contributed by atoms with van der Waals surface area (Å²) in [4.78, 5) is 0. The lowest BCUT2D eigenvalue weighted by Crippen LogP contribution is -2.42. The minimum Gasteiger partial charge on any atom is -0.312 e. The maximum absolute atomic E-state index is 4.22.